The van der Waals surface area contributed by atoms with Crippen LogP contribution in [-0.2, 0) is 10.0 Å². The average Bonchev–Trinajstić information content (AvgIpc) is 3.05. The molecule has 3 rings (SSSR count). The third kappa shape index (κ3) is 3.95. The lowest BCUT2D eigenvalue weighted by atomic mass is 10.2. The van der Waals surface area contributed by atoms with Crippen LogP contribution in [0.15, 0.2) is 59.5 Å². The van der Waals surface area contributed by atoms with E-state index in [4.69, 9.17) is 0 Å². The summed E-state index contributed by atoms with van der Waals surface area (Å²) in [5, 5.41) is 18.7. The summed E-state index contributed by atoms with van der Waals surface area (Å²) >= 11 is 0.977. The maximum atomic E-state index is 12.8. The Morgan fingerprint density at radius 1 is 1.04 bits per heavy atom. The molecule has 0 aliphatic carbocycles. The first kappa shape index (κ1) is 18.9. The summed E-state index contributed by atoms with van der Waals surface area (Å²) in [7, 11) is -4.13. The van der Waals surface area contributed by atoms with Gasteiger partial charge in [-0.1, -0.05) is 36.4 Å². The van der Waals surface area contributed by atoms with Crippen molar-refractivity contribution < 1.29 is 23.5 Å². The van der Waals surface area contributed by atoms with E-state index in [1.54, 1.807) is 13.0 Å². The normalized spacial score (nSPS) is 11.2. The van der Waals surface area contributed by atoms with E-state index in [-0.39, 0.29) is 21.1 Å². The highest BCUT2D eigenvalue weighted by molar-refractivity contribution is 7.93. The van der Waals surface area contributed by atoms with Gasteiger partial charge in [-0.25, -0.2) is 13.2 Å². The summed E-state index contributed by atoms with van der Waals surface area (Å²) in [5.41, 5.74) is 3.36. The van der Waals surface area contributed by atoms with E-state index in [0.717, 1.165) is 22.5 Å². The molecule has 4 N–H and O–H groups in total. The van der Waals surface area contributed by atoms with Crippen LogP contribution in [0.2, 0.25) is 0 Å². The fourth-order valence-electron chi connectivity index (χ4n) is 2.54. The largest absolute Gasteiger partial charge is 0.477 e. The highest BCUT2D eigenvalue weighted by Gasteiger charge is 2.24. The molecule has 0 aliphatic rings. The Hall–Kier alpha value is -2.88. The van der Waals surface area contributed by atoms with Crippen LogP contribution in [0.4, 0.5) is 11.4 Å². The van der Waals surface area contributed by atoms with E-state index in [2.05, 4.69) is 4.72 Å². The third-order valence-electron chi connectivity index (χ3n) is 3.77. The Balaban J connectivity index is 2.04. The minimum Gasteiger partial charge on any atom is -0.477 e. The van der Waals surface area contributed by atoms with Gasteiger partial charge in [-0.3, -0.25) is 15.4 Å². The molecule has 0 unspecified atom stereocenters. The molecule has 0 spiro atoms. The van der Waals surface area contributed by atoms with Crippen molar-refractivity contribution in [3.63, 3.8) is 0 Å². The van der Waals surface area contributed by atoms with Crippen LogP contribution < -0.4 is 10.2 Å². The zero-order valence-electron chi connectivity index (χ0n) is 14.1. The van der Waals surface area contributed by atoms with Gasteiger partial charge in [-0.05, 0) is 36.2 Å². The monoisotopic (exact) mass is 404 g/mol. The Morgan fingerprint density at radius 2 is 1.74 bits per heavy atom. The summed E-state index contributed by atoms with van der Waals surface area (Å²) in [6, 6.07) is 14.9. The molecule has 27 heavy (non-hydrogen) atoms. The Bertz CT molecular complexity index is 1090. The molecule has 3 aromatic rings. The van der Waals surface area contributed by atoms with Gasteiger partial charge in [0.05, 0.1) is 11.4 Å². The molecule has 0 bridgehead atoms. The first-order valence-electron chi connectivity index (χ1n) is 7.78. The number of sulfonamides is 1. The van der Waals surface area contributed by atoms with Gasteiger partial charge in [0.25, 0.3) is 10.0 Å². The van der Waals surface area contributed by atoms with Crippen molar-refractivity contribution in [3.05, 3.63) is 65.0 Å². The molecule has 0 atom stereocenters. The van der Waals surface area contributed by atoms with Crippen LogP contribution >= 0.6 is 11.3 Å². The molecular formula is C18H16N2O5S2. The number of aromatic carboxylic acids is 1. The van der Waals surface area contributed by atoms with Gasteiger partial charge in [-0.15, -0.1) is 11.3 Å². The molecule has 0 saturated heterocycles. The molecule has 0 aliphatic heterocycles. The SMILES string of the molecule is Cc1ccc(S(=O)(=O)Nc2cc(-c3ccccc3)sc2C(=O)O)c(NO)c1. The first-order chi connectivity index (χ1) is 12.8. The number of aryl methyl sites for hydroxylation is 1. The van der Waals surface area contributed by atoms with Crippen molar-refractivity contribution in [1.82, 2.24) is 0 Å². The van der Waals surface area contributed by atoms with Crippen LogP contribution in [-0.4, -0.2) is 24.7 Å². The van der Waals surface area contributed by atoms with Crippen LogP contribution in [0.1, 0.15) is 15.2 Å². The molecule has 0 radical (unpaired) electrons. The van der Waals surface area contributed by atoms with E-state index >= 15 is 0 Å². The maximum absolute atomic E-state index is 12.8. The number of thiophene rings is 1. The van der Waals surface area contributed by atoms with Crippen molar-refractivity contribution in [1.29, 1.82) is 0 Å². The molecule has 140 valence electrons. The summed E-state index contributed by atoms with van der Waals surface area (Å²) < 4.78 is 27.8. The summed E-state index contributed by atoms with van der Waals surface area (Å²) in [6.45, 7) is 1.75. The number of carboxylic acids is 1. The topological polar surface area (TPSA) is 116 Å². The number of anilines is 2. The quantitative estimate of drug-likeness (QED) is 0.461. The van der Waals surface area contributed by atoms with Crippen LogP contribution in [0.5, 0.6) is 0 Å². The van der Waals surface area contributed by atoms with Gasteiger partial charge < -0.3 is 5.11 Å². The van der Waals surface area contributed by atoms with E-state index in [9.17, 15) is 23.5 Å². The molecular weight excluding hydrogens is 388 g/mol. The lowest BCUT2D eigenvalue weighted by Gasteiger charge is -2.12. The second-order valence-electron chi connectivity index (χ2n) is 5.74. The Labute approximate surface area is 159 Å². The zero-order chi connectivity index (χ0) is 19.6. The number of benzene rings is 2. The number of nitrogens with one attached hydrogen (secondary N) is 2. The number of hydrogen-bond donors (Lipinski definition) is 4. The number of rotatable bonds is 6. The third-order valence-corrected chi connectivity index (χ3v) is 6.37. The van der Waals surface area contributed by atoms with Crippen molar-refractivity contribution in [2.75, 3.05) is 10.2 Å². The molecule has 0 saturated carbocycles. The number of carboxylic acid groups (broad SMARTS) is 1. The fourth-order valence-corrected chi connectivity index (χ4v) is 4.76. The highest BCUT2D eigenvalue weighted by Crippen LogP contribution is 2.36. The first-order valence-corrected chi connectivity index (χ1v) is 10.1. The lowest BCUT2D eigenvalue weighted by Crippen LogP contribution is -2.16. The molecule has 0 amide bonds. The van der Waals surface area contributed by atoms with Crippen LogP contribution in [0, 0.1) is 6.92 Å². The summed E-state index contributed by atoms with van der Waals surface area (Å²) in [5.74, 6) is -1.23. The van der Waals surface area contributed by atoms with E-state index in [0.29, 0.717) is 4.88 Å². The average molecular weight is 404 g/mol. The predicted octanol–water partition coefficient (Wildman–Crippen LogP) is 4.02. The minimum atomic E-state index is -4.13. The number of hydrogen-bond acceptors (Lipinski definition) is 6. The highest BCUT2D eigenvalue weighted by atomic mass is 32.2. The van der Waals surface area contributed by atoms with Crippen molar-refractivity contribution in [2.24, 2.45) is 0 Å². The van der Waals surface area contributed by atoms with Crippen molar-refractivity contribution >= 4 is 38.7 Å². The standard InChI is InChI=1S/C18H16N2O5S2/c1-11-7-8-16(13(9-11)19-23)27(24,25)20-14-10-15(26-17(14)18(21)22)12-5-3-2-4-6-12/h2-10,19-20,23H,1H3,(H,21,22). The second-order valence-corrected chi connectivity index (χ2v) is 8.44. The van der Waals surface area contributed by atoms with E-state index in [1.807, 2.05) is 35.8 Å². The van der Waals surface area contributed by atoms with Gasteiger partial charge >= 0.3 is 5.97 Å². The summed E-state index contributed by atoms with van der Waals surface area (Å²) in [4.78, 5) is 11.9. The molecule has 2 aromatic carbocycles. The maximum Gasteiger partial charge on any atom is 0.348 e. The zero-order valence-corrected chi connectivity index (χ0v) is 15.8. The van der Waals surface area contributed by atoms with Gasteiger partial charge in [0.1, 0.15) is 9.77 Å². The van der Waals surface area contributed by atoms with Gasteiger partial charge in [-0.2, -0.15) is 0 Å². The van der Waals surface area contributed by atoms with Gasteiger partial charge in [0.15, 0.2) is 0 Å². The van der Waals surface area contributed by atoms with E-state index in [1.165, 1.54) is 18.2 Å². The molecule has 1 aromatic heterocycles. The summed E-state index contributed by atoms with van der Waals surface area (Å²) in [6.07, 6.45) is 0. The Kier molecular flexibility index (Phi) is 5.17. The molecule has 9 heteroatoms. The smallest absolute Gasteiger partial charge is 0.348 e. The molecule has 0 fully saturated rings. The van der Waals surface area contributed by atoms with E-state index < -0.39 is 16.0 Å². The Morgan fingerprint density at radius 3 is 2.37 bits per heavy atom. The number of carbonyl (C=O) groups is 1. The van der Waals surface area contributed by atoms with Crippen molar-refractivity contribution in [3.8, 4) is 10.4 Å². The lowest BCUT2D eigenvalue weighted by molar-refractivity contribution is 0.0703. The predicted molar refractivity (Wildman–Crippen MR) is 104 cm³/mol. The van der Waals surface area contributed by atoms with Crippen LogP contribution in [0.3, 0.4) is 0 Å². The molecule has 7 nitrogen and oxygen atoms in total. The van der Waals surface area contributed by atoms with Gasteiger partial charge in [0.2, 0.25) is 0 Å². The molecule has 1 heterocycles. The van der Waals surface area contributed by atoms with Crippen molar-refractivity contribution in [2.45, 2.75) is 11.8 Å². The van der Waals surface area contributed by atoms with Gasteiger partial charge in [0, 0.05) is 4.88 Å². The fraction of sp³-hybridized carbons (Fsp3) is 0.0556. The second kappa shape index (κ2) is 7.39. The van der Waals surface area contributed by atoms with Crippen LogP contribution in [0.25, 0.3) is 10.4 Å². The minimum absolute atomic E-state index is 0.00196.